The Labute approximate surface area is 229 Å². The SMILES string of the molecule is Cc1cccc(-c2nc3nc(C(O)NS(C)(=O)=O)nc(NC(C)C4CC4)c3n2Cc2ccc(C(F)(F)F)cc2)c1. The van der Waals surface area contributed by atoms with E-state index >= 15 is 0 Å². The molecule has 2 aromatic carbocycles. The van der Waals surface area contributed by atoms with Gasteiger partial charge in [0.1, 0.15) is 11.3 Å². The van der Waals surface area contributed by atoms with Crippen molar-refractivity contribution < 1.29 is 26.7 Å². The molecule has 13 heteroatoms. The predicted octanol–water partition coefficient (Wildman–Crippen LogP) is 4.62. The van der Waals surface area contributed by atoms with Gasteiger partial charge in [-0.3, -0.25) is 0 Å². The fourth-order valence-electron chi connectivity index (χ4n) is 4.60. The average molecular weight is 575 g/mol. The summed E-state index contributed by atoms with van der Waals surface area (Å²) in [7, 11) is -3.78. The van der Waals surface area contributed by atoms with Crippen LogP contribution in [-0.2, 0) is 22.7 Å². The van der Waals surface area contributed by atoms with E-state index in [4.69, 9.17) is 4.98 Å². The molecule has 1 aliphatic carbocycles. The first-order valence-corrected chi connectivity index (χ1v) is 14.6. The Morgan fingerprint density at radius 3 is 2.40 bits per heavy atom. The monoisotopic (exact) mass is 574 g/mol. The lowest BCUT2D eigenvalue weighted by Crippen LogP contribution is -2.29. The quantitative estimate of drug-likeness (QED) is 0.250. The molecule has 212 valence electrons. The third-order valence-corrected chi connectivity index (χ3v) is 7.43. The number of benzene rings is 2. The van der Waals surface area contributed by atoms with Gasteiger partial charge in [-0.25, -0.2) is 23.4 Å². The smallest absolute Gasteiger partial charge is 0.370 e. The van der Waals surface area contributed by atoms with Crippen LogP contribution in [0.4, 0.5) is 19.0 Å². The molecule has 2 unspecified atom stereocenters. The Hall–Kier alpha value is -3.55. The fraction of sp³-hybridized carbons (Fsp3) is 0.370. The molecule has 1 saturated carbocycles. The highest BCUT2D eigenvalue weighted by atomic mass is 32.2. The lowest BCUT2D eigenvalue weighted by molar-refractivity contribution is -0.137. The Morgan fingerprint density at radius 1 is 1.10 bits per heavy atom. The van der Waals surface area contributed by atoms with E-state index in [2.05, 4.69) is 20.0 Å². The molecule has 0 radical (unpaired) electrons. The molecule has 3 N–H and O–H groups in total. The second-order valence-electron chi connectivity index (χ2n) is 10.3. The van der Waals surface area contributed by atoms with Crippen molar-refractivity contribution in [3.8, 4) is 11.4 Å². The number of aryl methyl sites for hydroxylation is 1. The number of hydrogen-bond donors (Lipinski definition) is 3. The van der Waals surface area contributed by atoms with E-state index < -0.39 is 28.0 Å². The maximum atomic E-state index is 13.2. The van der Waals surface area contributed by atoms with Crippen molar-refractivity contribution in [2.24, 2.45) is 5.92 Å². The zero-order valence-electron chi connectivity index (χ0n) is 22.1. The number of nitrogens with zero attached hydrogens (tertiary/aromatic N) is 4. The summed E-state index contributed by atoms with van der Waals surface area (Å²) in [5.74, 6) is 1.08. The number of rotatable bonds is 9. The van der Waals surface area contributed by atoms with E-state index in [0.29, 0.717) is 28.6 Å². The molecule has 2 heterocycles. The van der Waals surface area contributed by atoms with Crippen molar-refractivity contribution in [1.29, 1.82) is 0 Å². The molecule has 1 aliphatic rings. The maximum Gasteiger partial charge on any atom is 0.416 e. The number of aromatic nitrogens is 4. The summed E-state index contributed by atoms with van der Waals surface area (Å²) in [6.07, 6.45) is -3.15. The topological polar surface area (TPSA) is 122 Å². The van der Waals surface area contributed by atoms with Crippen LogP contribution < -0.4 is 10.0 Å². The largest absolute Gasteiger partial charge is 0.416 e. The van der Waals surface area contributed by atoms with Crippen LogP contribution in [-0.4, -0.2) is 45.3 Å². The summed E-state index contributed by atoms with van der Waals surface area (Å²) in [6.45, 7) is 4.10. The van der Waals surface area contributed by atoms with Crippen LogP contribution in [0, 0.1) is 12.8 Å². The minimum absolute atomic E-state index is 0.0165. The lowest BCUT2D eigenvalue weighted by atomic mass is 10.1. The molecular formula is C27H29F3N6O3S. The van der Waals surface area contributed by atoms with Gasteiger partial charge < -0.3 is 15.0 Å². The van der Waals surface area contributed by atoms with Gasteiger partial charge in [-0.2, -0.15) is 17.9 Å². The summed E-state index contributed by atoms with van der Waals surface area (Å²) >= 11 is 0. The molecule has 2 aromatic heterocycles. The average Bonchev–Trinajstić information content (AvgIpc) is 3.65. The van der Waals surface area contributed by atoms with Crippen LogP contribution in [0.25, 0.3) is 22.6 Å². The van der Waals surface area contributed by atoms with Crippen molar-refractivity contribution in [3.05, 3.63) is 71.0 Å². The third kappa shape index (κ3) is 6.26. The molecule has 0 bridgehead atoms. The highest BCUT2D eigenvalue weighted by Gasteiger charge is 2.31. The Bertz CT molecular complexity index is 1650. The number of anilines is 1. The van der Waals surface area contributed by atoms with Gasteiger partial charge in [-0.05, 0) is 56.4 Å². The number of hydrogen-bond acceptors (Lipinski definition) is 7. The maximum absolute atomic E-state index is 13.2. The highest BCUT2D eigenvalue weighted by Crippen LogP contribution is 2.36. The Morgan fingerprint density at radius 2 is 1.80 bits per heavy atom. The van der Waals surface area contributed by atoms with Gasteiger partial charge in [0.15, 0.2) is 23.5 Å². The number of imidazole rings is 1. The van der Waals surface area contributed by atoms with Crippen molar-refractivity contribution in [3.63, 3.8) is 0 Å². The lowest BCUT2D eigenvalue weighted by Gasteiger charge is -2.18. The second kappa shape index (κ2) is 10.5. The van der Waals surface area contributed by atoms with Crippen molar-refractivity contribution >= 4 is 27.0 Å². The number of halogens is 3. The van der Waals surface area contributed by atoms with Crippen LogP contribution in [0.1, 0.15) is 48.5 Å². The molecule has 0 amide bonds. The summed E-state index contributed by atoms with van der Waals surface area (Å²) in [5, 5.41) is 14.0. The van der Waals surface area contributed by atoms with Crippen LogP contribution >= 0.6 is 0 Å². The van der Waals surface area contributed by atoms with Gasteiger partial charge in [0, 0.05) is 18.2 Å². The number of nitrogens with one attached hydrogen (secondary N) is 2. The number of aliphatic hydroxyl groups is 1. The molecule has 40 heavy (non-hydrogen) atoms. The number of sulfonamides is 1. The molecule has 0 saturated heterocycles. The van der Waals surface area contributed by atoms with E-state index in [1.165, 1.54) is 12.1 Å². The van der Waals surface area contributed by atoms with Gasteiger partial charge in [0.05, 0.1) is 11.8 Å². The van der Waals surface area contributed by atoms with Crippen LogP contribution in [0.2, 0.25) is 0 Å². The molecule has 0 aliphatic heterocycles. The van der Waals surface area contributed by atoms with E-state index in [9.17, 15) is 26.7 Å². The van der Waals surface area contributed by atoms with E-state index in [0.717, 1.165) is 42.4 Å². The van der Waals surface area contributed by atoms with Crippen LogP contribution in [0.15, 0.2) is 48.5 Å². The van der Waals surface area contributed by atoms with Crippen LogP contribution in [0.3, 0.4) is 0 Å². The Kier molecular flexibility index (Phi) is 7.31. The highest BCUT2D eigenvalue weighted by molar-refractivity contribution is 7.88. The number of alkyl halides is 3. The van der Waals surface area contributed by atoms with Gasteiger partial charge >= 0.3 is 6.18 Å². The first kappa shape index (κ1) is 28.0. The predicted molar refractivity (Wildman–Crippen MR) is 145 cm³/mol. The van der Waals surface area contributed by atoms with E-state index in [-0.39, 0.29) is 24.1 Å². The number of aliphatic hydroxyl groups excluding tert-OH is 1. The van der Waals surface area contributed by atoms with Gasteiger partial charge in [0.2, 0.25) is 10.0 Å². The summed E-state index contributed by atoms with van der Waals surface area (Å²) < 4.78 is 67.0. The van der Waals surface area contributed by atoms with Crippen LogP contribution in [0.5, 0.6) is 0 Å². The molecule has 2 atom stereocenters. The second-order valence-corrected chi connectivity index (χ2v) is 12.0. The van der Waals surface area contributed by atoms with Crippen molar-refractivity contribution in [1.82, 2.24) is 24.2 Å². The first-order valence-electron chi connectivity index (χ1n) is 12.7. The van der Waals surface area contributed by atoms with Crippen molar-refractivity contribution in [2.45, 2.75) is 51.7 Å². The number of fused-ring (bicyclic) bond motifs is 1. The normalized spacial score (nSPS) is 15.8. The van der Waals surface area contributed by atoms with Crippen molar-refractivity contribution in [2.75, 3.05) is 11.6 Å². The van der Waals surface area contributed by atoms with E-state index in [1.54, 1.807) is 0 Å². The molecule has 5 rings (SSSR count). The summed E-state index contributed by atoms with van der Waals surface area (Å²) in [5.41, 5.74) is 2.28. The summed E-state index contributed by atoms with van der Waals surface area (Å²) in [6, 6.07) is 12.5. The fourth-order valence-corrected chi connectivity index (χ4v) is 5.11. The first-order chi connectivity index (χ1) is 18.8. The minimum Gasteiger partial charge on any atom is -0.370 e. The molecular weight excluding hydrogens is 545 g/mol. The standard InChI is InChI=1S/C27H29F3N6O3S/c1-15-5-4-6-19(13-15)25-34-23-21(36(25)14-17-7-11-20(12-8-17)27(28,29)30)22(31-16(2)18-9-10-18)32-24(33-23)26(37)35-40(3,38)39/h4-8,11-13,16,18,26,35,37H,9-10,14H2,1-3H3,(H,31,32,33). The zero-order valence-corrected chi connectivity index (χ0v) is 22.9. The molecule has 0 spiro atoms. The summed E-state index contributed by atoms with van der Waals surface area (Å²) in [4.78, 5) is 13.6. The molecule has 4 aromatic rings. The molecule has 9 nitrogen and oxygen atoms in total. The van der Waals surface area contributed by atoms with Gasteiger partial charge in [0.25, 0.3) is 0 Å². The molecule has 1 fully saturated rings. The van der Waals surface area contributed by atoms with Gasteiger partial charge in [-0.1, -0.05) is 35.9 Å². The third-order valence-electron chi connectivity index (χ3n) is 6.78. The van der Waals surface area contributed by atoms with E-state index in [1.807, 2.05) is 42.7 Å². The van der Waals surface area contributed by atoms with Gasteiger partial charge in [-0.15, -0.1) is 0 Å². The Balaban J connectivity index is 1.69. The zero-order chi connectivity index (χ0) is 28.8. The minimum atomic E-state index is -4.45.